The summed E-state index contributed by atoms with van der Waals surface area (Å²) >= 11 is 0. The quantitative estimate of drug-likeness (QED) is 0.570. The minimum absolute atomic E-state index is 0.109. The summed E-state index contributed by atoms with van der Waals surface area (Å²) in [5, 5.41) is 0. The molecule has 0 saturated heterocycles. The highest BCUT2D eigenvalue weighted by Crippen LogP contribution is 1.99. The van der Waals surface area contributed by atoms with Crippen LogP contribution in [0.15, 0.2) is 9.59 Å². The van der Waals surface area contributed by atoms with Gasteiger partial charge in [-0.2, -0.15) is 0 Å². The van der Waals surface area contributed by atoms with Crippen LogP contribution in [0.25, 0.3) is 0 Å². The third-order valence-electron chi connectivity index (χ3n) is 2.35. The van der Waals surface area contributed by atoms with E-state index >= 15 is 0 Å². The van der Waals surface area contributed by atoms with Gasteiger partial charge in [0.2, 0.25) is 0 Å². The van der Waals surface area contributed by atoms with E-state index < -0.39 is 17.2 Å². The highest BCUT2D eigenvalue weighted by Gasteiger charge is 2.19. The Balaban J connectivity index is 3.76. The minimum Gasteiger partial charge on any atom is -0.465 e. The molecule has 0 fully saturated rings. The number of esters is 1. The van der Waals surface area contributed by atoms with Crippen LogP contribution in [-0.2, 0) is 18.8 Å². The predicted molar refractivity (Wildman–Crippen MR) is 53.0 cm³/mol. The molecule has 0 spiro atoms. The molecule has 1 rings (SSSR count). The van der Waals surface area contributed by atoms with Crippen molar-refractivity contribution in [3.05, 3.63) is 32.1 Å². The Kier molecular flexibility index (Phi) is 2.78. The van der Waals surface area contributed by atoms with Crippen LogP contribution in [0.3, 0.4) is 0 Å². The molecule has 1 aromatic rings. The van der Waals surface area contributed by atoms with E-state index in [1.165, 1.54) is 32.7 Å². The van der Waals surface area contributed by atoms with Gasteiger partial charge in [-0.3, -0.25) is 9.36 Å². The average Bonchev–Trinajstić information content (AvgIpc) is 2.23. The van der Waals surface area contributed by atoms with Crippen molar-refractivity contribution in [2.75, 3.05) is 7.11 Å². The van der Waals surface area contributed by atoms with E-state index in [0.717, 1.165) is 4.57 Å². The van der Waals surface area contributed by atoms with Gasteiger partial charge in [0, 0.05) is 19.8 Å². The number of methoxy groups -OCH3 is 1. The summed E-state index contributed by atoms with van der Waals surface area (Å²) < 4.78 is 6.58. The van der Waals surface area contributed by atoms with Crippen LogP contribution in [0.5, 0.6) is 0 Å². The molecule has 0 unspecified atom stereocenters. The van der Waals surface area contributed by atoms with E-state index in [0.29, 0.717) is 5.69 Å². The fraction of sp³-hybridized carbons (Fsp3) is 0.444. The predicted octanol–water partition coefficient (Wildman–Crippen LogP) is -0.821. The number of rotatable bonds is 1. The summed E-state index contributed by atoms with van der Waals surface area (Å²) in [5.74, 6) is -0.733. The van der Waals surface area contributed by atoms with E-state index in [9.17, 15) is 14.4 Å². The molecule has 82 valence electrons. The van der Waals surface area contributed by atoms with E-state index in [2.05, 4.69) is 4.74 Å². The molecule has 0 aromatic carbocycles. The zero-order valence-electron chi connectivity index (χ0n) is 9.03. The van der Waals surface area contributed by atoms with Crippen molar-refractivity contribution < 1.29 is 9.53 Å². The van der Waals surface area contributed by atoms with Crippen molar-refractivity contribution in [3.8, 4) is 0 Å². The van der Waals surface area contributed by atoms with Crippen molar-refractivity contribution in [1.29, 1.82) is 0 Å². The molecule has 0 amide bonds. The summed E-state index contributed by atoms with van der Waals surface area (Å²) in [7, 11) is 3.99. The Morgan fingerprint density at radius 2 is 1.73 bits per heavy atom. The van der Waals surface area contributed by atoms with Crippen LogP contribution in [0.2, 0.25) is 0 Å². The molecule has 15 heavy (non-hydrogen) atoms. The van der Waals surface area contributed by atoms with Gasteiger partial charge in [0.05, 0.1) is 7.11 Å². The van der Waals surface area contributed by atoms with Gasteiger partial charge in [-0.25, -0.2) is 9.59 Å². The van der Waals surface area contributed by atoms with Gasteiger partial charge in [0.25, 0.3) is 5.56 Å². The van der Waals surface area contributed by atoms with Gasteiger partial charge in [-0.1, -0.05) is 0 Å². The Morgan fingerprint density at radius 3 is 2.20 bits per heavy atom. The minimum atomic E-state index is -0.733. The lowest BCUT2D eigenvalue weighted by atomic mass is 10.2. The van der Waals surface area contributed by atoms with Gasteiger partial charge >= 0.3 is 11.7 Å². The molecule has 1 heterocycles. The molecular weight excluding hydrogens is 200 g/mol. The number of hydrogen-bond acceptors (Lipinski definition) is 4. The average molecular weight is 212 g/mol. The Labute approximate surface area is 85.7 Å². The van der Waals surface area contributed by atoms with E-state index in [1.807, 2.05) is 0 Å². The smallest absolute Gasteiger partial charge is 0.345 e. The highest BCUT2D eigenvalue weighted by molar-refractivity contribution is 5.89. The molecule has 0 aliphatic heterocycles. The number of carbonyl (C=O) groups excluding carboxylic acids is 1. The molecule has 0 radical (unpaired) electrons. The van der Waals surface area contributed by atoms with Crippen LogP contribution >= 0.6 is 0 Å². The van der Waals surface area contributed by atoms with Crippen molar-refractivity contribution >= 4 is 5.97 Å². The first-order valence-corrected chi connectivity index (χ1v) is 4.26. The molecular formula is C9H12N2O4. The second-order valence-corrected chi connectivity index (χ2v) is 3.16. The van der Waals surface area contributed by atoms with Gasteiger partial charge in [0.15, 0.2) is 0 Å². The summed E-state index contributed by atoms with van der Waals surface area (Å²) in [4.78, 5) is 34.4. The first-order chi connectivity index (χ1) is 6.91. The zero-order valence-corrected chi connectivity index (χ0v) is 9.03. The van der Waals surface area contributed by atoms with Crippen LogP contribution < -0.4 is 11.2 Å². The third-order valence-corrected chi connectivity index (χ3v) is 2.35. The maximum absolute atomic E-state index is 11.6. The molecule has 0 N–H and O–H groups in total. The normalized spacial score (nSPS) is 10.1. The first kappa shape index (κ1) is 11.2. The van der Waals surface area contributed by atoms with Crippen molar-refractivity contribution in [2.45, 2.75) is 6.92 Å². The number of aromatic nitrogens is 2. The standard InChI is InChI=1S/C9H12N2O4/c1-5-6(8(13)15-4)7(12)11(3)9(14)10(5)2/h1-4H3. The molecule has 0 aliphatic rings. The lowest BCUT2D eigenvalue weighted by Gasteiger charge is -2.09. The van der Waals surface area contributed by atoms with Crippen LogP contribution in [0.1, 0.15) is 16.1 Å². The lowest BCUT2D eigenvalue weighted by Crippen LogP contribution is -2.41. The first-order valence-electron chi connectivity index (χ1n) is 4.26. The van der Waals surface area contributed by atoms with Gasteiger partial charge < -0.3 is 9.30 Å². The van der Waals surface area contributed by atoms with Crippen LogP contribution in [-0.4, -0.2) is 22.2 Å². The Hall–Kier alpha value is -1.85. The topological polar surface area (TPSA) is 70.3 Å². The Bertz CT molecular complexity index is 524. The van der Waals surface area contributed by atoms with Crippen molar-refractivity contribution in [1.82, 2.24) is 9.13 Å². The van der Waals surface area contributed by atoms with Crippen LogP contribution in [0.4, 0.5) is 0 Å². The van der Waals surface area contributed by atoms with Crippen molar-refractivity contribution in [3.63, 3.8) is 0 Å². The maximum Gasteiger partial charge on any atom is 0.345 e. The second kappa shape index (κ2) is 3.72. The number of hydrogen-bond donors (Lipinski definition) is 0. The summed E-state index contributed by atoms with van der Waals surface area (Å²) in [6.45, 7) is 1.52. The molecule has 0 aliphatic carbocycles. The summed E-state index contributed by atoms with van der Waals surface area (Å²) in [6, 6.07) is 0. The van der Waals surface area contributed by atoms with Gasteiger partial charge in [0.1, 0.15) is 5.56 Å². The largest absolute Gasteiger partial charge is 0.465 e. The Morgan fingerprint density at radius 1 is 1.20 bits per heavy atom. The fourth-order valence-electron chi connectivity index (χ4n) is 1.28. The van der Waals surface area contributed by atoms with E-state index in [-0.39, 0.29) is 5.56 Å². The molecule has 0 saturated carbocycles. The molecule has 6 nitrogen and oxygen atoms in total. The van der Waals surface area contributed by atoms with Crippen LogP contribution in [0, 0.1) is 6.92 Å². The van der Waals surface area contributed by atoms with Gasteiger partial charge in [-0.15, -0.1) is 0 Å². The molecule has 0 bridgehead atoms. The van der Waals surface area contributed by atoms with E-state index in [1.54, 1.807) is 0 Å². The van der Waals surface area contributed by atoms with Crippen molar-refractivity contribution in [2.24, 2.45) is 14.1 Å². The zero-order chi connectivity index (χ0) is 11.7. The van der Waals surface area contributed by atoms with Gasteiger partial charge in [-0.05, 0) is 6.92 Å². The summed E-state index contributed by atoms with van der Waals surface area (Å²) in [6.07, 6.45) is 0. The van der Waals surface area contributed by atoms with E-state index in [4.69, 9.17) is 0 Å². The fourth-order valence-corrected chi connectivity index (χ4v) is 1.28. The summed E-state index contributed by atoms with van der Waals surface area (Å²) in [5.41, 5.74) is -0.912. The maximum atomic E-state index is 11.6. The SMILES string of the molecule is COC(=O)c1c(C)n(C)c(=O)n(C)c1=O. The number of ether oxygens (including phenoxy) is 1. The number of carbonyl (C=O) groups is 1. The highest BCUT2D eigenvalue weighted by atomic mass is 16.5. The molecule has 6 heteroatoms. The second-order valence-electron chi connectivity index (χ2n) is 3.16. The number of nitrogens with zero attached hydrogens (tertiary/aromatic N) is 2. The molecule has 0 atom stereocenters. The molecule has 1 aromatic heterocycles. The monoisotopic (exact) mass is 212 g/mol. The third kappa shape index (κ3) is 1.58. The lowest BCUT2D eigenvalue weighted by molar-refractivity contribution is 0.0595.